The van der Waals surface area contributed by atoms with Crippen molar-refractivity contribution in [3.8, 4) is 5.75 Å². The predicted octanol–water partition coefficient (Wildman–Crippen LogP) is 1.89. The summed E-state index contributed by atoms with van der Waals surface area (Å²) in [6, 6.07) is 4.72. The Morgan fingerprint density at radius 1 is 1.57 bits per heavy atom. The molecule has 2 rings (SSSR count). The molecule has 1 aromatic carbocycles. The van der Waals surface area contributed by atoms with Crippen molar-refractivity contribution >= 4 is 17.5 Å². The number of hydrogen-bond donors (Lipinski definition) is 2. The van der Waals surface area contributed by atoms with Crippen LogP contribution in [0.25, 0.3) is 0 Å². The molecule has 1 heterocycles. The van der Waals surface area contributed by atoms with Gasteiger partial charge in [0.25, 0.3) is 5.91 Å². The van der Waals surface area contributed by atoms with Crippen LogP contribution in [0.3, 0.4) is 0 Å². The molecule has 1 aliphatic rings. The molecular weight excluding hydrogens is 292 g/mol. The van der Waals surface area contributed by atoms with E-state index in [0.717, 1.165) is 19.4 Å². The molecule has 1 amide bonds. The number of methoxy groups -OCH3 is 1. The number of carbonyl (C=O) groups excluding carboxylic acids is 1. The van der Waals surface area contributed by atoms with Crippen LogP contribution < -0.4 is 5.32 Å². The van der Waals surface area contributed by atoms with Crippen molar-refractivity contribution in [2.75, 3.05) is 33.4 Å². The van der Waals surface area contributed by atoms with E-state index in [0.29, 0.717) is 36.3 Å². The molecule has 1 fully saturated rings. The molecule has 1 saturated heterocycles. The van der Waals surface area contributed by atoms with Gasteiger partial charge in [-0.15, -0.1) is 0 Å². The smallest absolute Gasteiger partial charge is 0.255 e. The van der Waals surface area contributed by atoms with E-state index in [1.54, 1.807) is 12.0 Å². The largest absolute Gasteiger partial charge is 0.508 e. The number of ether oxygens (including phenoxy) is 1. The lowest BCUT2D eigenvalue weighted by Crippen LogP contribution is -2.42. The lowest BCUT2D eigenvalue weighted by atomic mass is 10.1. The average molecular weight is 313 g/mol. The van der Waals surface area contributed by atoms with E-state index in [1.807, 2.05) is 0 Å². The monoisotopic (exact) mass is 312 g/mol. The fourth-order valence-electron chi connectivity index (χ4n) is 2.50. The van der Waals surface area contributed by atoms with E-state index >= 15 is 0 Å². The van der Waals surface area contributed by atoms with Gasteiger partial charge in [0.1, 0.15) is 5.75 Å². The van der Waals surface area contributed by atoms with E-state index in [9.17, 15) is 9.90 Å². The molecule has 21 heavy (non-hydrogen) atoms. The molecule has 1 atom stereocenters. The molecule has 2 N–H and O–H groups in total. The predicted molar refractivity (Wildman–Crippen MR) is 81.9 cm³/mol. The number of carbonyl (C=O) groups is 1. The number of nitrogens with one attached hydrogen (secondary N) is 1. The van der Waals surface area contributed by atoms with Crippen LogP contribution in [0.2, 0.25) is 5.02 Å². The van der Waals surface area contributed by atoms with Crippen LogP contribution >= 0.6 is 11.6 Å². The fraction of sp³-hybridized carbons (Fsp3) is 0.533. The Labute approximate surface area is 129 Å². The maximum Gasteiger partial charge on any atom is 0.255 e. The first-order valence-electron chi connectivity index (χ1n) is 7.12. The van der Waals surface area contributed by atoms with Crippen LogP contribution in [-0.4, -0.2) is 55.3 Å². The van der Waals surface area contributed by atoms with Crippen molar-refractivity contribution in [1.29, 1.82) is 0 Å². The van der Waals surface area contributed by atoms with E-state index in [-0.39, 0.29) is 11.7 Å². The quantitative estimate of drug-likeness (QED) is 0.842. The van der Waals surface area contributed by atoms with Crippen molar-refractivity contribution in [3.05, 3.63) is 28.8 Å². The maximum absolute atomic E-state index is 12.7. The standard InChI is InChI=1S/C15H21ClN2O3/c1-21-8-7-18(10-11-3-2-6-17-11)15(20)13-9-12(19)4-5-14(13)16/h4-5,9,11,17,19H,2-3,6-8,10H2,1H3. The summed E-state index contributed by atoms with van der Waals surface area (Å²) in [6.07, 6.45) is 2.19. The summed E-state index contributed by atoms with van der Waals surface area (Å²) in [7, 11) is 1.61. The highest BCUT2D eigenvalue weighted by Gasteiger charge is 2.23. The van der Waals surface area contributed by atoms with Crippen LogP contribution in [-0.2, 0) is 4.74 Å². The van der Waals surface area contributed by atoms with Crippen molar-refractivity contribution < 1.29 is 14.6 Å². The molecule has 1 aliphatic heterocycles. The number of hydrogen-bond acceptors (Lipinski definition) is 4. The Balaban J connectivity index is 2.13. The molecule has 5 nitrogen and oxygen atoms in total. The van der Waals surface area contributed by atoms with Crippen LogP contribution in [0.1, 0.15) is 23.2 Å². The molecule has 6 heteroatoms. The number of halogens is 1. The normalized spacial score (nSPS) is 17.9. The van der Waals surface area contributed by atoms with Gasteiger partial charge >= 0.3 is 0 Å². The Bertz CT molecular complexity index is 490. The first kappa shape index (κ1) is 16.1. The highest BCUT2D eigenvalue weighted by molar-refractivity contribution is 6.33. The highest BCUT2D eigenvalue weighted by Crippen LogP contribution is 2.23. The Morgan fingerprint density at radius 3 is 3.05 bits per heavy atom. The third-order valence-corrected chi connectivity index (χ3v) is 3.97. The molecule has 0 spiro atoms. The third kappa shape index (κ3) is 4.33. The van der Waals surface area contributed by atoms with Crippen LogP contribution in [0.15, 0.2) is 18.2 Å². The molecule has 0 saturated carbocycles. The van der Waals surface area contributed by atoms with E-state index < -0.39 is 0 Å². The van der Waals surface area contributed by atoms with E-state index in [4.69, 9.17) is 16.3 Å². The van der Waals surface area contributed by atoms with E-state index in [2.05, 4.69) is 5.32 Å². The van der Waals surface area contributed by atoms with Crippen LogP contribution in [0.5, 0.6) is 5.75 Å². The SMILES string of the molecule is COCCN(CC1CCCN1)C(=O)c1cc(O)ccc1Cl. The summed E-state index contributed by atoms with van der Waals surface area (Å²) in [5.74, 6) is -0.143. The summed E-state index contributed by atoms with van der Waals surface area (Å²) in [5.41, 5.74) is 0.325. The highest BCUT2D eigenvalue weighted by atomic mass is 35.5. The number of phenols is 1. The molecule has 0 aliphatic carbocycles. The summed E-state index contributed by atoms with van der Waals surface area (Å²) in [4.78, 5) is 14.4. The summed E-state index contributed by atoms with van der Waals surface area (Å²) in [6.45, 7) is 2.58. The minimum atomic E-state index is -0.179. The van der Waals surface area contributed by atoms with Gasteiger partial charge < -0.3 is 20.1 Å². The number of aromatic hydroxyl groups is 1. The molecule has 116 valence electrons. The zero-order valence-corrected chi connectivity index (χ0v) is 12.9. The molecule has 0 bridgehead atoms. The second kappa shape index (κ2) is 7.64. The molecule has 1 aromatic rings. The minimum absolute atomic E-state index is 0.0356. The zero-order valence-electron chi connectivity index (χ0n) is 12.1. The zero-order chi connectivity index (χ0) is 15.2. The lowest BCUT2D eigenvalue weighted by molar-refractivity contribution is 0.0679. The van der Waals surface area contributed by atoms with Gasteiger partial charge in [0, 0.05) is 26.2 Å². The van der Waals surface area contributed by atoms with E-state index in [1.165, 1.54) is 18.2 Å². The van der Waals surface area contributed by atoms with Crippen LogP contribution in [0.4, 0.5) is 0 Å². The molecule has 0 aromatic heterocycles. The topological polar surface area (TPSA) is 61.8 Å². The van der Waals surface area contributed by atoms with Gasteiger partial charge in [0.2, 0.25) is 0 Å². The van der Waals surface area contributed by atoms with Gasteiger partial charge in [0.15, 0.2) is 0 Å². The lowest BCUT2D eigenvalue weighted by Gasteiger charge is -2.26. The van der Waals surface area contributed by atoms with Gasteiger partial charge in [-0.2, -0.15) is 0 Å². The van der Waals surface area contributed by atoms with Gasteiger partial charge in [-0.05, 0) is 37.6 Å². The number of amides is 1. The Morgan fingerprint density at radius 2 is 2.38 bits per heavy atom. The molecule has 0 radical (unpaired) electrons. The van der Waals surface area contributed by atoms with Crippen molar-refractivity contribution in [1.82, 2.24) is 10.2 Å². The van der Waals surface area contributed by atoms with Gasteiger partial charge in [0.05, 0.1) is 17.2 Å². The second-order valence-electron chi connectivity index (χ2n) is 5.20. The molecule has 1 unspecified atom stereocenters. The molecular formula is C15H21ClN2O3. The van der Waals surface area contributed by atoms with Crippen molar-refractivity contribution in [2.45, 2.75) is 18.9 Å². The van der Waals surface area contributed by atoms with Crippen molar-refractivity contribution in [2.24, 2.45) is 0 Å². The third-order valence-electron chi connectivity index (χ3n) is 3.64. The summed E-state index contributed by atoms with van der Waals surface area (Å²) >= 11 is 6.08. The number of nitrogens with zero attached hydrogens (tertiary/aromatic N) is 1. The average Bonchev–Trinajstić information content (AvgIpc) is 2.98. The first-order chi connectivity index (χ1) is 10.1. The summed E-state index contributed by atoms with van der Waals surface area (Å²) < 4.78 is 5.08. The second-order valence-corrected chi connectivity index (χ2v) is 5.61. The first-order valence-corrected chi connectivity index (χ1v) is 7.49. The maximum atomic E-state index is 12.7. The fourth-order valence-corrected chi connectivity index (χ4v) is 2.70. The minimum Gasteiger partial charge on any atom is -0.508 e. The number of benzene rings is 1. The van der Waals surface area contributed by atoms with Crippen LogP contribution in [0, 0.1) is 0 Å². The van der Waals surface area contributed by atoms with Gasteiger partial charge in [-0.3, -0.25) is 4.79 Å². The van der Waals surface area contributed by atoms with Gasteiger partial charge in [-0.25, -0.2) is 0 Å². The Kier molecular flexibility index (Phi) is 5.85. The number of phenolic OH excluding ortho intramolecular Hbond substituents is 1. The summed E-state index contributed by atoms with van der Waals surface area (Å²) in [5, 5.41) is 13.3. The van der Waals surface area contributed by atoms with Crippen molar-refractivity contribution in [3.63, 3.8) is 0 Å². The number of rotatable bonds is 6. The van der Waals surface area contributed by atoms with Gasteiger partial charge in [-0.1, -0.05) is 11.6 Å². The Hall–Kier alpha value is -1.30.